The largest absolute Gasteiger partial charge is 0.497 e. The Morgan fingerprint density at radius 3 is 2.75 bits per heavy atom. The number of methoxy groups -OCH3 is 1. The van der Waals surface area contributed by atoms with Crippen LogP contribution in [-0.4, -0.2) is 36.1 Å². The third-order valence-electron chi connectivity index (χ3n) is 5.44. The maximum absolute atomic E-state index is 13.4. The van der Waals surface area contributed by atoms with E-state index in [-0.39, 0.29) is 17.6 Å². The molecule has 1 N–H and O–H groups in total. The number of rotatable bonds is 7. The van der Waals surface area contributed by atoms with Crippen LogP contribution in [0.25, 0.3) is 0 Å². The van der Waals surface area contributed by atoms with Crippen LogP contribution in [0.3, 0.4) is 0 Å². The van der Waals surface area contributed by atoms with E-state index in [1.165, 1.54) is 30.2 Å². The molecule has 3 aromatic rings. The second-order valence-corrected chi connectivity index (χ2v) is 8.70. The molecule has 0 radical (unpaired) electrons. The van der Waals surface area contributed by atoms with E-state index in [2.05, 4.69) is 20.2 Å². The molecule has 0 aliphatic carbocycles. The summed E-state index contributed by atoms with van der Waals surface area (Å²) in [6.07, 6.45) is 3.06. The van der Waals surface area contributed by atoms with Crippen LogP contribution >= 0.6 is 11.8 Å². The maximum atomic E-state index is 13.4. The van der Waals surface area contributed by atoms with Gasteiger partial charge in [-0.15, -0.1) is 0 Å². The number of hydrogen-bond donors (Lipinski definition) is 1. The molecule has 1 amide bonds. The van der Waals surface area contributed by atoms with Crippen LogP contribution in [0.2, 0.25) is 0 Å². The lowest BCUT2D eigenvalue weighted by Gasteiger charge is -2.32. The molecule has 6 nitrogen and oxygen atoms in total. The minimum atomic E-state index is -0.268. The number of carbonyl (C=O) groups is 1. The van der Waals surface area contributed by atoms with Crippen molar-refractivity contribution in [1.29, 1.82) is 0 Å². The third-order valence-corrected chi connectivity index (χ3v) is 6.36. The first-order valence-electron chi connectivity index (χ1n) is 10.5. The summed E-state index contributed by atoms with van der Waals surface area (Å²) in [5.41, 5.74) is 1.01. The Kier molecular flexibility index (Phi) is 7.21. The Balaban J connectivity index is 1.30. The monoisotopic (exact) mass is 452 g/mol. The number of nitrogens with zero attached hydrogens (tertiary/aromatic N) is 3. The highest BCUT2D eigenvalue weighted by Gasteiger charge is 2.25. The minimum absolute atomic E-state index is 0.0140. The van der Waals surface area contributed by atoms with Gasteiger partial charge in [-0.2, -0.15) is 0 Å². The second kappa shape index (κ2) is 10.5. The number of nitrogens with one attached hydrogen (secondary N) is 1. The van der Waals surface area contributed by atoms with Crippen LogP contribution in [0.5, 0.6) is 5.75 Å². The molecular weight excluding hydrogens is 427 g/mol. The average Bonchev–Trinajstić information content (AvgIpc) is 2.83. The number of carbonyl (C=O) groups excluding carboxylic acids is 1. The van der Waals surface area contributed by atoms with Gasteiger partial charge in [0.25, 0.3) is 0 Å². The van der Waals surface area contributed by atoms with Crippen LogP contribution in [0.15, 0.2) is 70.8 Å². The van der Waals surface area contributed by atoms with Crippen molar-refractivity contribution < 1.29 is 13.9 Å². The van der Waals surface area contributed by atoms with Gasteiger partial charge in [-0.1, -0.05) is 30.0 Å². The molecule has 1 aliphatic heterocycles. The van der Waals surface area contributed by atoms with Crippen LogP contribution in [0, 0.1) is 11.7 Å². The number of piperidine rings is 1. The van der Waals surface area contributed by atoms with Crippen molar-refractivity contribution >= 4 is 23.5 Å². The molecule has 0 saturated carbocycles. The predicted octanol–water partition coefficient (Wildman–Crippen LogP) is 4.31. The van der Waals surface area contributed by atoms with Crippen molar-refractivity contribution in [3.05, 3.63) is 72.3 Å². The molecule has 4 rings (SSSR count). The molecule has 1 saturated heterocycles. The summed E-state index contributed by atoms with van der Waals surface area (Å²) in [7, 11) is 1.63. The molecule has 0 spiro atoms. The van der Waals surface area contributed by atoms with E-state index in [0.29, 0.717) is 6.54 Å². The van der Waals surface area contributed by atoms with Crippen molar-refractivity contribution in [2.45, 2.75) is 29.3 Å². The third kappa shape index (κ3) is 5.76. The second-order valence-electron chi connectivity index (χ2n) is 7.60. The molecule has 1 aliphatic rings. The smallest absolute Gasteiger partial charge is 0.223 e. The van der Waals surface area contributed by atoms with Crippen molar-refractivity contribution in [3.8, 4) is 5.75 Å². The highest BCUT2D eigenvalue weighted by atomic mass is 32.2. The van der Waals surface area contributed by atoms with Gasteiger partial charge < -0.3 is 15.0 Å². The number of hydrogen-bond acceptors (Lipinski definition) is 6. The summed E-state index contributed by atoms with van der Waals surface area (Å²) in [6.45, 7) is 1.99. The summed E-state index contributed by atoms with van der Waals surface area (Å²) >= 11 is 1.40. The first-order valence-corrected chi connectivity index (χ1v) is 11.3. The summed E-state index contributed by atoms with van der Waals surface area (Å²) in [6, 6.07) is 16.1. The van der Waals surface area contributed by atoms with E-state index < -0.39 is 0 Å². The lowest BCUT2D eigenvalue weighted by molar-refractivity contribution is -0.125. The van der Waals surface area contributed by atoms with Gasteiger partial charge >= 0.3 is 0 Å². The Hall–Kier alpha value is -3.13. The maximum Gasteiger partial charge on any atom is 0.223 e. The molecule has 166 valence electrons. The van der Waals surface area contributed by atoms with E-state index in [9.17, 15) is 9.18 Å². The molecule has 0 bridgehead atoms. The minimum Gasteiger partial charge on any atom is -0.497 e. The fourth-order valence-corrected chi connectivity index (χ4v) is 4.52. The standard InChI is InChI=1S/C24H25FN4O2S/c1-31-20-6-2-4-17(12-20)15-26-24(30)18-8-10-29(11-9-18)22-14-23(28-16-27-22)32-21-7-3-5-19(25)13-21/h2-7,12-14,16,18H,8-11,15H2,1H3,(H,26,30). The zero-order valence-electron chi connectivity index (χ0n) is 17.8. The van der Waals surface area contributed by atoms with Gasteiger partial charge in [0.15, 0.2) is 0 Å². The van der Waals surface area contributed by atoms with Crippen molar-refractivity contribution in [2.75, 3.05) is 25.1 Å². The summed E-state index contributed by atoms with van der Waals surface area (Å²) in [5.74, 6) is 1.41. The molecule has 0 unspecified atom stereocenters. The molecule has 1 fully saturated rings. The lowest BCUT2D eigenvalue weighted by Crippen LogP contribution is -2.40. The van der Waals surface area contributed by atoms with E-state index >= 15 is 0 Å². The Labute approximate surface area is 191 Å². The van der Waals surface area contributed by atoms with Crippen LogP contribution in [0.4, 0.5) is 10.2 Å². The molecule has 1 aromatic heterocycles. The Bertz CT molecular complexity index is 1070. The quantitative estimate of drug-likeness (QED) is 0.539. The van der Waals surface area contributed by atoms with Gasteiger partial charge in [-0.05, 0) is 48.7 Å². The average molecular weight is 453 g/mol. The number of halogens is 1. The van der Waals surface area contributed by atoms with Crippen molar-refractivity contribution in [2.24, 2.45) is 5.92 Å². The van der Waals surface area contributed by atoms with Crippen molar-refractivity contribution in [3.63, 3.8) is 0 Å². The first kappa shape index (κ1) is 22.1. The van der Waals surface area contributed by atoms with E-state index in [1.54, 1.807) is 13.2 Å². The zero-order valence-corrected chi connectivity index (χ0v) is 18.6. The van der Waals surface area contributed by atoms with Gasteiger partial charge in [-0.3, -0.25) is 4.79 Å². The SMILES string of the molecule is COc1cccc(CNC(=O)C2CCN(c3cc(Sc4cccc(F)c4)ncn3)CC2)c1. The van der Waals surface area contributed by atoms with E-state index in [0.717, 1.165) is 53.0 Å². The lowest BCUT2D eigenvalue weighted by atomic mass is 9.96. The predicted molar refractivity (Wildman–Crippen MR) is 122 cm³/mol. The fraction of sp³-hybridized carbons (Fsp3) is 0.292. The molecule has 0 atom stereocenters. The summed E-state index contributed by atoms with van der Waals surface area (Å²) in [5, 5.41) is 3.81. The number of benzene rings is 2. The highest BCUT2D eigenvalue weighted by Crippen LogP contribution is 2.29. The Morgan fingerprint density at radius 2 is 1.97 bits per heavy atom. The fourth-order valence-electron chi connectivity index (χ4n) is 3.70. The molecule has 2 heterocycles. The normalized spacial score (nSPS) is 14.2. The van der Waals surface area contributed by atoms with E-state index in [4.69, 9.17) is 4.74 Å². The molecule has 2 aromatic carbocycles. The van der Waals surface area contributed by atoms with Gasteiger partial charge in [0, 0.05) is 36.5 Å². The van der Waals surface area contributed by atoms with Gasteiger partial charge in [0.05, 0.1) is 7.11 Å². The topological polar surface area (TPSA) is 67.3 Å². The summed E-state index contributed by atoms with van der Waals surface area (Å²) in [4.78, 5) is 24.3. The Morgan fingerprint density at radius 1 is 1.16 bits per heavy atom. The number of amides is 1. The number of aromatic nitrogens is 2. The number of anilines is 1. The zero-order chi connectivity index (χ0) is 22.3. The van der Waals surface area contributed by atoms with Gasteiger partial charge in [0.2, 0.25) is 5.91 Å². The van der Waals surface area contributed by atoms with Gasteiger partial charge in [0.1, 0.15) is 28.7 Å². The number of ether oxygens (including phenoxy) is 1. The summed E-state index contributed by atoms with van der Waals surface area (Å²) < 4.78 is 18.7. The molecule has 8 heteroatoms. The van der Waals surface area contributed by atoms with Gasteiger partial charge in [-0.25, -0.2) is 14.4 Å². The first-order chi connectivity index (χ1) is 15.6. The van der Waals surface area contributed by atoms with Crippen LogP contribution in [0.1, 0.15) is 18.4 Å². The molecular formula is C24H25FN4O2S. The van der Waals surface area contributed by atoms with E-state index in [1.807, 2.05) is 36.4 Å². The van der Waals surface area contributed by atoms with Crippen LogP contribution < -0.4 is 15.0 Å². The highest BCUT2D eigenvalue weighted by molar-refractivity contribution is 7.99. The molecule has 32 heavy (non-hydrogen) atoms. The van der Waals surface area contributed by atoms with Crippen LogP contribution in [-0.2, 0) is 11.3 Å². The van der Waals surface area contributed by atoms with Crippen molar-refractivity contribution in [1.82, 2.24) is 15.3 Å².